The first-order chi connectivity index (χ1) is 16.8. The van der Waals surface area contributed by atoms with Crippen molar-refractivity contribution in [1.82, 2.24) is 25.9 Å². The zero-order valence-electron chi connectivity index (χ0n) is 20.0. The number of aliphatic hydroxyl groups is 2. The maximum absolute atomic E-state index is 13.0. The van der Waals surface area contributed by atoms with Gasteiger partial charge < -0.3 is 53.5 Å². The molecule has 0 aliphatic rings. The van der Waals surface area contributed by atoms with Crippen LogP contribution in [0.2, 0.25) is 0 Å². The van der Waals surface area contributed by atoms with Crippen molar-refractivity contribution in [3.63, 3.8) is 0 Å². The molecule has 0 aliphatic heterocycles. The Balaban J connectivity index is 2.96. The maximum Gasteiger partial charge on any atom is 0.326 e. The van der Waals surface area contributed by atoms with Crippen LogP contribution in [0.3, 0.4) is 0 Å². The lowest BCUT2D eigenvalue weighted by Crippen LogP contribution is -2.60. The van der Waals surface area contributed by atoms with Crippen molar-refractivity contribution in [2.75, 3.05) is 6.54 Å². The average Bonchev–Trinajstić information content (AvgIpc) is 3.30. The number of aromatic nitrogens is 2. The summed E-state index contributed by atoms with van der Waals surface area (Å²) in [6.07, 6.45) is 0.293. The minimum atomic E-state index is -1.55. The van der Waals surface area contributed by atoms with Gasteiger partial charge in [0.1, 0.15) is 24.2 Å². The number of nitrogens with one attached hydrogen (secondary N) is 4. The second-order valence-electron chi connectivity index (χ2n) is 8.18. The number of amides is 3. The highest BCUT2D eigenvalue weighted by Gasteiger charge is 2.33. The first kappa shape index (κ1) is 30.3. The number of carbonyl (C=O) groups is 4. The maximum atomic E-state index is 13.0. The second-order valence-corrected chi connectivity index (χ2v) is 8.18. The molecular formula is C20H35N9O7. The van der Waals surface area contributed by atoms with Crippen molar-refractivity contribution in [1.29, 1.82) is 0 Å². The summed E-state index contributed by atoms with van der Waals surface area (Å²) in [6.45, 7) is 2.67. The van der Waals surface area contributed by atoms with Crippen molar-refractivity contribution >= 4 is 29.7 Å². The number of carboxylic acids is 1. The van der Waals surface area contributed by atoms with E-state index in [1.807, 2.05) is 0 Å². The molecule has 0 spiro atoms. The van der Waals surface area contributed by atoms with Crippen molar-refractivity contribution in [3.05, 3.63) is 18.2 Å². The number of aliphatic carboxylic acids is 1. The van der Waals surface area contributed by atoms with Gasteiger partial charge in [-0.1, -0.05) is 0 Å². The van der Waals surface area contributed by atoms with E-state index in [1.54, 1.807) is 0 Å². The Kier molecular flexibility index (Phi) is 12.3. The quantitative estimate of drug-likeness (QED) is 0.0607. The predicted molar refractivity (Wildman–Crippen MR) is 127 cm³/mol. The number of carbonyl (C=O) groups excluding carboxylic acids is 3. The van der Waals surface area contributed by atoms with Crippen molar-refractivity contribution in [2.24, 2.45) is 22.2 Å². The highest BCUT2D eigenvalue weighted by atomic mass is 16.4. The molecule has 36 heavy (non-hydrogen) atoms. The number of guanidine groups is 1. The van der Waals surface area contributed by atoms with Gasteiger partial charge in [-0.2, -0.15) is 0 Å². The molecule has 1 rings (SSSR count). The largest absolute Gasteiger partial charge is 0.480 e. The van der Waals surface area contributed by atoms with E-state index in [0.29, 0.717) is 5.69 Å². The van der Waals surface area contributed by atoms with Gasteiger partial charge in [0.25, 0.3) is 0 Å². The van der Waals surface area contributed by atoms with Gasteiger partial charge in [0, 0.05) is 24.9 Å². The molecule has 1 heterocycles. The van der Waals surface area contributed by atoms with Crippen LogP contribution < -0.4 is 33.2 Å². The molecule has 6 atom stereocenters. The fourth-order valence-electron chi connectivity index (χ4n) is 2.99. The van der Waals surface area contributed by atoms with E-state index >= 15 is 0 Å². The molecule has 202 valence electrons. The fourth-order valence-corrected chi connectivity index (χ4v) is 2.99. The first-order valence-electron chi connectivity index (χ1n) is 11.1. The van der Waals surface area contributed by atoms with E-state index in [-0.39, 0.29) is 31.8 Å². The third-order valence-corrected chi connectivity index (χ3v) is 5.06. The lowest BCUT2D eigenvalue weighted by molar-refractivity contribution is -0.143. The third kappa shape index (κ3) is 10.2. The SMILES string of the molecule is CC(O)C(N)C(=O)NC(Cc1cnc[nH]1)C(=O)NC(C(=O)NC(CCCN=C(N)N)C(=O)O)C(C)O. The van der Waals surface area contributed by atoms with E-state index < -0.39 is 60.1 Å². The van der Waals surface area contributed by atoms with Gasteiger partial charge in [0.15, 0.2) is 5.96 Å². The van der Waals surface area contributed by atoms with E-state index in [1.165, 1.54) is 26.4 Å². The van der Waals surface area contributed by atoms with Gasteiger partial charge in [-0.05, 0) is 26.7 Å². The molecule has 13 N–H and O–H groups in total. The Morgan fingerprint density at radius 2 is 1.67 bits per heavy atom. The minimum absolute atomic E-state index is 0.0198. The second kappa shape index (κ2) is 14.6. The number of rotatable bonds is 15. The van der Waals surface area contributed by atoms with E-state index in [2.05, 4.69) is 30.9 Å². The van der Waals surface area contributed by atoms with Crippen LogP contribution in [0.15, 0.2) is 17.5 Å². The van der Waals surface area contributed by atoms with Crippen molar-refractivity contribution in [2.45, 2.75) is 69.5 Å². The number of H-pyrrole nitrogens is 1. The van der Waals surface area contributed by atoms with Gasteiger partial charge in [0.2, 0.25) is 17.7 Å². The van der Waals surface area contributed by atoms with Gasteiger partial charge in [-0.25, -0.2) is 9.78 Å². The van der Waals surface area contributed by atoms with Gasteiger partial charge in [-0.15, -0.1) is 0 Å². The van der Waals surface area contributed by atoms with Gasteiger partial charge in [0.05, 0.1) is 18.5 Å². The Bertz CT molecular complexity index is 901. The van der Waals surface area contributed by atoms with Crippen LogP contribution in [0.4, 0.5) is 0 Å². The zero-order valence-corrected chi connectivity index (χ0v) is 20.0. The Hall–Kier alpha value is -3.76. The van der Waals surface area contributed by atoms with Crippen LogP contribution in [0.1, 0.15) is 32.4 Å². The van der Waals surface area contributed by atoms with Crippen molar-refractivity contribution < 1.29 is 34.5 Å². The van der Waals surface area contributed by atoms with Crippen LogP contribution in [0, 0.1) is 0 Å². The number of carboxylic acid groups (broad SMARTS) is 1. The molecule has 6 unspecified atom stereocenters. The smallest absolute Gasteiger partial charge is 0.326 e. The Morgan fingerprint density at radius 3 is 2.17 bits per heavy atom. The highest BCUT2D eigenvalue weighted by Crippen LogP contribution is 2.05. The summed E-state index contributed by atoms with van der Waals surface area (Å²) in [6, 6.07) is -5.49. The number of aromatic amines is 1. The topological polar surface area (TPSA) is 284 Å². The summed E-state index contributed by atoms with van der Waals surface area (Å²) in [5, 5.41) is 36.1. The van der Waals surface area contributed by atoms with E-state index in [0.717, 1.165) is 0 Å². The number of aliphatic imine (C=N–C) groups is 1. The van der Waals surface area contributed by atoms with E-state index in [4.69, 9.17) is 17.2 Å². The lowest BCUT2D eigenvalue weighted by atomic mass is 10.1. The molecule has 16 nitrogen and oxygen atoms in total. The number of imidazole rings is 1. The lowest BCUT2D eigenvalue weighted by Gasteiger charge is -2.26. The summed E-state index contributed by atoms with van der Waals surface area (Å²) in [4.78, 5) is 60.0. The number of nitrogens with zero attached hydrogens (tertiary/aromatic N) is 2. The molecule has 0 fully saturated rings. The minimum Gasteiger partial charge on any atom is -0.480 e. The van der Waals surface area contributed by atoms with Crippen LogP contribution in [0.25, 0.3) is 0 Å². The fraction of sp³-hybridized carbons (Fsp3) is 0.600. The standard InChI is InChI=1S/C20H35N9O7/c1-9(30)14(21)17(33)28-13(6-11-7-24-8-26-11)16(32)29-15(10(2)31)18(34)27-12(19(35)36)4-3-5-25-20(22)23/h7-10,12-15,30-31H,3-6,21H2,1-2H3,(H,24,26)(H,27,34)(H,28,33)(H,29,32)(H,35,36)(H4,22,23,25). The molecule has 0 saturated carbocycles. The summed E-state index contributed by atoms with van der Waals surface area (Å²) in [5.41, 5.74) is 16.5. The highest BCUT2D eigenvalue weighted by molar-refractivity contribution is 5.94. The molecule has 1 aromatic heterocycles. The van der Waals surface area contributed by atoms with Crippen molar-refractivity contribution in [3.8, 4) is 0 Å². The monoisotopic (exact) mass is 513 g/mol. The van der Waals surface area contributed by atoms with E-state index in [9.17, 15) is 34.5 Å². The number of hydrogen-bond acceptors (Lipinski definition) is 9. The average molecular weight is 514 g/mol. The molecule has 0 saturated heterocycles. The number of hydrogen-bond donors (Lipinski definition) is 10. The Labute approximate surface area is 207 Å². The number of nitrogens with two attached hydrogens (primary N) is 3. The molecular weight excluding hydrogens is 478 g/mol. The third-order valence-electron chi connectivity index (χ3n) is 5.06. The van der Waals surface area contributed by atoms with Gasteiger partial charge in [-0.3, -0.25) is 19.4 Å². The van der Waals surface area contributed by atoms with Crippen LogP contribution in [-0.4, -0.2) is 97.9 Å². The molecule has 16 heteroatoms. The molecule has 3 amide bonds. The van der Waals surface area contributed by atoms with Gasteiger partial charge >= 0.3 is 5.97 Å². The van der Waals surface area contributed by atoms with Crippen LogP contribution in [0.5, 0.6) is 0 Å². The Morgan fingerprint density at radius 1 is 1.03 bits per heavy atom. The summed E-state index contributed by atoms with van der Waals surface area (Å²) >= 11 is 0. The first-order valence-corrected chi connectivity index (χ1v) is 11.1. The molecule has 0 bridgehead atoms. The molecule has 0 radical (unpaired) electrons. The molecule has 0 aromatic carbocycles. The number of aliphatic hydroxyl groups excluding tert-OH is 2. The predicted octanol–water partition coefficient (Wildman–Crippen LogP) is -4.37. The summed E-state index contributed by atoms with van der Waals surface area (Å²) < 4.78 is 0. The normalized spacial score (nSPS) is 15.9. The molecule has 0 aliphatic carbocycles. The zero-order chi connectivity index (χ0) is 27.4. The van der Waals surface area contributed by atoms with Crippen LogP contribution in [-0.2, 0) is 25.6 Å². The molecule has 1 aromatic rings. The van der Waals surface area contributed by atoms with Crippen LogP contribution >= 0.6 is 0 Å². The summed E-state index contributed by atoms with van der Waals surface area (Å²) in [5.74, 6) is -4.14. The summed E-state index contributed by atoms with van der Waals surface area (Å²) in [7, 11) is 0.